The van der Waals surface area contributed by atoms with Crippen molar-refractivity contribution in [2.75, 3.05) is 18.9 Å². The van der Waals surface area contributed by atoms with Gasteiger partial charge in [-0.25, -0.2) is 0 Å². The molecule has 0 spiro atoms. The molecule has 1 fully saturated rings. The fourth-order valence-corrected chi connectivity index (χ4v) is 1.92. The summed E-state index contributed by atoms with van der Waals surface area (Å²) < 4.78 is 11.0. The Morgan fingerprint density at radius 2 is 2.41 bits per heavy atom. The first-order valence-corrected chi connectivity index (χ1v) is 5.81. The van der Waals surface area contributed by atoms with Gasteiger partial charge in [0.2, 0.25) is 0 Å². The Balaban J connectivity index is 1.97. The number of hydrogen-bond acceptors (Lipinski definition) is 4. The number of hydrogen-bond donors (Lipinski definition) is 1. The molecule has 17 heavy (non-hydrogen) atoms. The second-order valence-corrected chi connectivity index (χ2v) is 4.25. The molecule has 1 unspecified atom stereocenters. The summed E-state index contributed by atoms with van der Waals surface area (Å²) in [6.45, 7) is 2.86. The molecule has 2 N–H and O–H groups in total. The Labute approximate surface area is 101 Å². The van der Waals surface area contributed by atoms with Crippen LogP contribution in [0.3, 0.4) is 0 Å². The first-order chi connectivity index (χ1) is 8.16. The molecule has 1 aromatic carbocycles. The Kier molecular flexibility index (Phi) is 3.64. The molecule has 4 nitrogen and oxygen atoms in total. The summed E-state index contributed by atoms with van der Waals surface area (Å²) in [5.74, 6) is 0.649. The maximum atomic E-state index is 11.2. The van der Waals surface area contributed by atoms with Gasteiger partial charge in [-0.15, -0.1) is 0 Å². The van der Waals surface area contributed by atoms with E-state index in [-0.39, 0.29) is 11.9 Å². The van der Waals surface area contributed by atoms with E-state index in [0.29, 0.717) is 23.6 Å². The number of ether oxygens (including phenoxy) is 2. The van der Waals surface area contributed by atoms with E-state index in [4.69, 9.17) is 15.2 Å². The summed E-state index contributed by atoms with van der Waals surface area (Å²) in [5, 5.41) is 0. The predicted octanol–water partition coefficient (Wildman–Crippen LogP) is 2.03. The number of nitrogens with two attached hydrogens (primary N) is 1. The summed E-state index contributed by atoms with van der Waals surface area (Å²) in [5.41, 5.74) is 6.77. The number of nitrogen functional groups attached to an aromatic ring is 1. The van der Waals surface area contributed by atoms with Gasteiger partial charge in [0.25, 0.3) is 0 Å². The van der Waals surface area contributed by atoms with Crippen molar-refractivity contribution in [3.05, 3.63) is 23.8 Å². The molecule has 0 amide bonds. The van der Waals surface area contributed by atoms with Crippen LogP contribution in [0.25, 0.3) is 0 Å². The molecule has 1 atom stereocenters. The highest BCUT2D eigenvalue weighted by Crippen LogP contribution is 2.21. The van der Waals surface area contributed by atoms with Crippen LogP contribution in [0.4, 0.5) is 5.69 Å². The molecule has 92 valence electrons. The normalized spacial score (nSPS) is 19.2. The molecule has 1 saturated heterocycles. The molecule has 1 heterocycles. The molecule has 0 aromatic heterocycles. The van der Waals surface area contributed by atoms with Crippen LogP contribution in [0, 0.1) is 0 Å². The molecule has 1 aromatic rings. The van der Waals surface area contributed by atoms with Crippen molar-refractivity contribution in [1.82, 2.24) is 0 Å². The molecule has 1 aliphatic rings. The maximum absolute atomic E-state index is 11.2. The van der Waals surface area contributed by atoms with Crippen LogP contribution in [0.15, 0.2) is 18.2 Å². The molecule has 2 rings (SSSR count). The first-order valence-electron chi connectivity index (χ1n) is 5.81. The predicted molar refractivity (Wildman–Crippen MR) is 65.3 cm³/mol. The molecular weight excluding hydrogens is 218 g/mol. The highest BCUT2D eigenvalue weighted by Gasteiger charge is 2.16. The van der Waals surface area contributed by atoms with Crippen LogP contribution in [0.2, 0.25) is 0 Å². The number of Topliss-reactive ketones (excluding diaryl/α,β-unsaturated/α-hetero) is 1. The van der Waals surface area contributed by atoms with Crippen molar-refractivity contribution in [1.29, 1.82) is 0 Å². The van der Waals surface area contributed by atoms with Gasteiger partial charge in [0.05, 0.1) is 6.10 Å². The van der Waals surface area contributed by atoms with Crippen LogP contribution in [0.1, 0.15) is 30.1 Å². The zero-order valence-electron chi connectivity index (χ0n) is 9.94. The van der Waals surface area contributed by atoms with E-state index in [1.807, 2.05) is 0 Å². The number of anilines is 1. The number of rotatable bonds is 4. The SMILES string of the molecule is CC(=O)c1ccc(OCC2CCCO2)cc1N. The third-order valence-electron chi connectivity index (χ3n) is 2.86. The van der Waals surface area contributed by atoms with Gasteiger partial charge in [-0.1, -0.05) is 0 Å². The van der Waals surface area contributed by atoms with E-state index in [2.05, 4.69) is 0 Å². The summed E-state index contributed by atoms with van der Waals surface area (Å²) in [7, 11) is 0. The van der Waals surface area contributed by atoms with E-state index in [0.717, 1.165) is 19.4 Å². The average molecular weight is 235 g/mol. The molecule has 4 heteroatoms. The lowest BCUT2D eigenvalue weighted by molar-refractivity contribution is 0.0679. The summed E-state index contributed by atoms with van der Waals surface area (Å²) in [6, 6.07) is 5.15. The second kappa shape index (κ2) is 5.19. The first kappa shape index (κ1) is 11.9. The summed E-state index contributed by atoms with van der Waals surface area (Å²) in [6.07, 6.45) is 2.32. The van der Waals surface area contributed by atoms with E-state index in [1.54, 1.807) is 18.2 Å². The minimum Gasteiger partial charge on any atom is -0.491 e. The fourth-order valence-electron chi connectivity index (χ4n) is 1.92. The number of carbonyl (C=O) groups excluding carboxylic acids is 1. The van der Waals surface area contributed by atoms with Crippen LogP contribution in [0.5, 0.6) is 5.75 Å². The Bertz CT molecular complexity index is 411. The van der Waals surface area contributed by atoms with Crippen LogP contribution in [-0.2, 0) is 4.74 Å². The third kappa shape index (κ3) is 2.97. The van der Waals surface area contributed by atoms with E-state index in [9.17, 15) is 4.79 Å². The van der Waals surface area contributed by atoms with Gasteiger partial charge in [0.1, 0.15) is 12.4 Å². The quantitative estimate of drug-likeness (QED) is 0.640. The van der Waals surface area contributed by atoms with Crippen molar-refractivity contribution in [2.24, 2.45) is 0 Å². The van der Waals surface area contributed by atoms with Crippen molar-refractivity contribution in [3.8, 4) is 5.75 Å². The molecule has 0 saturated carbocycles. The maximum Gasteiger partial charge on any atom is 0.161 e. The summed E-state index contributed by atoms with van der Waals surface area (Å²) >= 11 is 0. The zero-order chi connectivity index (χ0) is 12.3. The van der Waals surface area contributed by atoms with Gasteiger partial charge < -0.3 is 15.2 Å². The van der Waals surface area contributed by atoms with Crippen molar-refractivity contribution >= 4 is 11.5 Å². The Morgan fingerprint density at radius 1 is 1.59 bits per heavy atom. The molecule has 0 radical (unpaired) electrons. The van der Waals surface area contributed by atoms with Crippen LogP contribution in [-0.4, -0.2) is 25.1 Å². The Morgan fingerprint density at radius 3 is 3.00 bits per heavy atom. The lowest BCUT2D eigenvalue weighted by Crippen LogP contribution is -2.16. The monoisotopic (exact) mass is 235 g/mol. The van der Waals surface area contributed by atoms with E-state index in [1.165, 1.54) is 6.92 Å². The number of carbonyl (C=O) groups is 1. The lowest BCUT2D eigenvalue weighted by Gasteiger charge is -2.12. The highest BCUT2D eigenvalue weighted by molar-refractivity contribution is 5.99. The number of benzene rings is 1. The largest absolute Gasteiger partial charge is 0.491 e. The highest BCUT2D eigenvalue weighted by atomic mass is 16.5. The molecule has 1 aliphatic heterocycles. The van der Waals surface area contributed by atoms with Crippen molar-refractivity contribution in [2.45, 2.75) is 25.9 Å². The van der Waals surface area contributed by atoms with Crippen molar-refractivity contribution in [3.63, 3.8) is 0 Å². The molecule has 0 aliphatic carbocycles. The van der Waals surface area contributed by atoms with Crippen LogP contribution >= 0.6 is 0 Å². The minimum absolute atomic E-state index is 0.0341. The van der Waals surface area contributed by atoms with Gasteiger partial charge in [0.15, 0.2) is 5.78 Å². The molecule has 0 bridgehead atoms. The van der Waals surface area contributed by atoms with Gasteiger partial charge in [-0.2, -0.15) is 0 Å². The minimum atomic E-state index is -0.0341. The topological polar surface area (TPSA) is 61.5 Å². The zero-order valence-corrected chi connectivity index (χ0v) is 9.94. The van der Waals surface area contributed by atoms with Gasteiger partial charge >= 0.3 is 0 Å². The molecular formula is C13H17NO3. The van der Waals surface area contributed by atoms with Gasteiger partial charge in [-0.3, -0.25) is 4.79 Å². The lowest BCUT2D eigenvalue weighted by atomic mass is 10.1. The second-order valence-electron chi connectivity index (χ2n) is 4.25. The van der Waals surface area contributed by atoms with E-state index < -0.39 is 0 Å². The van der Waals surface area contributed by atoms with Crippen LogP contribution < -0.4 is 10.5 Å². The van der Waals surface area contributed by atoms with E-state index >= 15 is 0 Å². The fraction of sp³-hybridized carbons (Fsp3) is 0.462. The third-order valence-corrected chi connectivity index (χ3v) is 2.86. The average Bonchev–Trinajstić information content (AvgIpc) is 2.78. The van der Waals surface area contributed by atoms with Gasteiger partial charge in [0, 0.05) is 23.9 Å². The smallest absolute Gasteiger partial charge is 0.161 e. The van der Waals surface area contributed by atoms with Gasteiger partial charge in [-0.05, 0) is 31.9 Å². The van der Waals surface area contributed by atoms with Crippen molar-refractivity contribution < 1.29 is 14.3 Å². The summed E-state index contributed by atoms with van der Waals surface area (Å²) in [4.78, 5) is 11.2. The number of ketones is 1. The Hall–Kier alpha value is -1.55. The standard InChI is InChI=1S/C13H17NO3/c1-9(15)12-5-4-10(7-13(12)14)17-8-11-3-2-6-16-11/h4-5,7,11H,2-3,6,8,14H2,1H3.